The monoisotopic (exact) mass is 418 g/mol. The van der Waals surface area contributed by atoms with Gasteiger partial charge in [0.15, 0.2) is 0 Å². The molecule has 0 bridgehead atoms. The highest BCUT2D eigenvalue weighted by Crippen LogP contribution is 2.20. The molecule has 0 radical (unpaired) electrons. The molecule has 0 unspecified atom stereocenters. The van der Waals surface area contributed by atoms with Crippen molar-refractivity contribution in [3.8, 4) is 0 Å². The molecule has 1 aliphatic rings. The van der Waals surface area contributed by atoms with Crippen molar-refractivity contribution in [3.05, 3.63) is 84.3 Å². The van der Waals surface area contributed by atoms with Gasteiger partial charge in [-0.2, -0.15) is 0 Å². The largest absolute Gasteiger partial charge is 0.468 e. The summed E-state index contributed by atoms with van der Waals surface area (Å²) in [4.78, 5) is 17.1. The molecule has 2 aromatic carbocycles. The fourth-order valence-corrected chi connectivity index (χ4v) is 3.85. The van der Waals surface area contributed by atoms with Crippen LogP contribution >= 0.6 is 0 Å². The topological polar surface area (TPSA) is 60.8 Å². The van der Waals surface area contributed by atoms with Crippen molar-refractivity contribution in [2.45, 2.75) is 19.5 Å². The van der Waals surface area contributed by atoms with Crippen molar-refractivity contribution in [1.29, 1.82) is 0 Å². The molecule has 6 nitrogen and oxygen atoms in total. The highest BCUT2D eigenvalue weighted by molar-refractivity contribution is 5.92. The lowest BCUT2D eigenvalue weighted by Crippen LogP contribution is -2.45. The molecule has 0 aliphatic carbocycles. The molecule has 2 heterocycles. The molecule has 1 saturated heterocycles. The van der Waals surface area contributed by atoms with E-state index in [0.717, 1.165) is 44.2 Å². The third kappa shape index (κ3) is 5.96. The lowest BCUT2D eigenvalue weighted by molar-refractivity contribution is -0.115. The molecular formula is C25H30N4O2. The van der Waals surface area contributed by atoms with Gasteiger partial charge in [-0.1, -0.05) is 30.3 Å². The fraction of sp³-hybridized carbons (Fsp3) is 0.320. The standard InChI is InChI=1S/C25H30N4O2/c1-20(24-8-5-17-31-24)26-18-25(30)27-22-9-11-23(12-10-22)29-15-13-28(14-16-29)19-21-6-3-2-4-7-21/h2-12,17,20,26H,13-16,18-19H2,1H3,(H,27,30)/t20-/m1/s1. The average molecular weight is 419 g/mol. The Morgan fingerprint density at radius 2 is 1.71 bits per heavy atom. The van der Waals surface area contributed by atoms with E-state index >= 15 is 0 Å². The molecule has 162 valence electrons. The number of nitrogens with zero attached hydrogens (tertiary/aromatic N) is 2. The first-order chi connectivity index (χ1) is 15.2. The zero-order chi connectivity index (χ0) is 21.5. The van der Waals surface area contributed by atoms with Gasteiger partial charge in [-0.25, -0.2) is 0 Å². The number of carbonyl (C=O) groups excluding carboxylic acids is 1. The van der Waals surface area contributed by atoms with Crippen LogP contribution < -0.4 is 15.5 Å². The minimum absolute atomic E-state index is 0.0105. The van der Waals surface area contributed by atoms with Gasteiger partial charge in [0.05, 0.1) is 18.8 Å². The van der Waals surface area contributed by atoms with Gasteiger partial charge in [-0.15, -0.1) is 0 Å². The first-order valence-corrected chi connectivity index (χ1v) is 10.9. The van der Waals surface area contributed by atoms with E-state index < -0.39 is 0 Å². The second kappa shape index (κ2) is 10.3. The molecule has 2 N–H and O–H groups in total. The zero-order valence-corrected chi connectivity index (χ0v) is 18.0. The summed E-state index contributed by atoms with van der Waals surface area (Å²) in [6.45, 7) is 7.32. The maximum absolute atomic E-state index is 12.2. The molecule has 1 aliphatic heterocycles. The molecule has 1 fully saturated rings. The molecule has 1 amide bonds. The molecule has 31 heavy (non-hydrogen) atoms. The molecule has 4 rings (SSSR count). The Morgan fingerprint density at radius 3 is 2.39 bits per heavy atom. The number of amides is 1. The SMILES string of the molecule is C[C@@H](NCC(=O)Nc1ccc(N2CCN(Cc3ccccc3)CC2)cc1)c1ccco1. The fourth-order valence-electron chi connectivity index (χ4n) is 3.85. The van der Waals surface area contributed by atoms with Gasteiger partial charge in [-0.05, 0) is 48.9 Å². The van der Waals surface area contributed by atoms with Gasteiger partial charge in [-0.3, -0.25) is 15.0 Å². The van der Waals surface area contributed by atoms with Crippen molar-refractivity contribution >= 4 is 17.3 Å². The zero-order valence-electron chi connectivity index (χ0n) is 18.0. The Labute approximate surface area is 183 Å². The van der Waals surface area contributed by atoms with Crippen LogP contribution in [-0.4, -0.2) is 43.5 Å². The first kappa shape index (κ1) is 21.2. The van der Waals surface area contributed by atoms with E-state index in [0.29, 0.717) is 0 Å². The van der Waals surface area contributed by atoms with Gasteiger partial charge >= 0.3 is 0 Å². The maximum atomic E-state index is 12.2. The highest BCUT2D eigenvalue weighted by atomic mass is 16.3. The Hall–Kier alpha value is -3.09. The molecular weight excluding hydrogens is 388 g/mol. The predicted octanol–water partition coefficient (Wildman–Crippen LogP) is 3.89. The predicted molar refractivity (Wildman–Crippen MR) is 124 cm³/mol. The third-order valence-electron chi connectivity index (χ3n) is 5.68. The molecule has 0 saturated carbocycles. The van der Waals surface area contributed by atoms with Gasteiger partial charge < -0.3 is 14.6 Å². The minimum Gasteiger partial charge on any atom is -0.468 e. The second-order valence-electron chi connectivity index (χ2n) is 7.96. The Kier molecular flexibility index (Phi) is 7.02. The summed E-state index contributed by atoms with van der Waals surface area (Å²) < 4.78 is 5.35. The van der Waals surface area contributed by atoms with Crippen molar-refractivity contribution in [2.75, 3.05) is 42.9 Å². The number of nitrogens with one attached hydrogen (secondary N) is 2. The second-order valence-corrected chi connectivity index (χ2v) is 7.96. The van der Waals surface area contributed by atoms with Gasteiger partial charge in [0.2, 0.25) is 5.91 Å². The van der Waals surface area contributed by atoms with Crippen molar-refractivity contribution in [3.63, 3.8) is 0 Å². The summed E-state index contributed by atoms with van der Waals surface area (Å²) in [6, 6.07) is 22.5. The van der Waals surface area contributed by atoms with Crippen LogP contribution in [0.5, 0.6) is 0 Å². The summed E-state index contributed by atoms with van der Waals surface area (Å²) in [7, 11) is 0. The minimum atomic E-state index is -0.0688. The van der Waals surface area contributed by atoms with Crippen molar-refractivity contribution in [1.82, 2.24) is 10.2 Å². The van der Waals surface area contributed by atoms with Gasteiger partial charge in [0.1, 0.15) is 5.76 Å². The Morgan fingerprint density at radius 1 is 0.968 bits per heavy atom. The van der Waals surface area contributed by atoms with E-state index in [1.165, 1.54) is 11.3 Å². The van der Waals surface area contributed by atoms with Gasteiger partial charge in [0, 0.05) is 44.1 Å². The van der Waals surface area contributed by atoms with E-state index in [1.807, 2.05) is 31.2 Å². The number of furan rings is 1. The summed E-state index contributed by atoms with van der Waals surface area (Å²) in [5.41, 5.74) is 3.37. The summed E-state index contributed by atoms with van der Waals surface area (Å²) >= 11 is 0. The van der Waals surface area contributed by atoms with Crippen LogP contribution in [0.2, 0.25) is 0 Å². The number of piperazine rings is 1. The normalized spacial score (nSPS) is 15.6. The number of anilines is 2. The van der Waals surface area contributed by atoms with Crippen LogP contribution in [0.1, 0.15) is 24.3 Å². The van der Waals surface area contributed by atoms with Crippen LogP contribution in [0.25, 0.3) is 0 Å². The molecule has 1 atom stereocenters. The highest BCUT2D eigenvalue weighted by Gasteiger charge is 2.17. The van der Waals surface area contributed by atoms with Crippen LogP contribution in [0.4, 0.5) is 11.4 Å². The summed E-state index contributed by atoms with van der Waals surface area (Å²) in [5, 5.41) is 6.12. The van der Waals surface area contributed by atoms with Crippen LogP contribution in [0.3, 0.4) is 0 Å². The number of rotatable bonds is 8. The number of carbonyl (C=O) groups is 1. The van der Waals surface area contributed by atoms with Crippen molar-refractivity contribution in [2.24, 2.45) is 0 Å². The molecule has 0 spiro atoms. The van der Waals surface area contributed by atoms with Crippen molar-refractivity contribution < 1.29 is 9.21 Å². The van der Waals surface area contributed by atoms with E-state index in [2.05, 4.69) is 62.9 Å². The Bertz CT molecular complexity index is 933. The Balaban J connectivity index is 1.21. The lowest BCUT2D eigenvalue weighted by atomic mass is 10.2. The number of benzene rings is 2. The summed E-state index contributed by atoms with van der Waals surface area (Å²) in [5.74, 6) is 0.752. The molecule has 3 aromatic rings. The van der Waals surface area contributed by atoms with E-state index in [4.69, 9.17) is 4.42 Å². The maximum Gasteiger partial charge on any atom is 0.238 e. The average Bonchev–Trinajstić information content (AvgIpc) is 3.35. The lowest BCUT2D eigenvalue weighted by Gasteiger charge is -2.36. The first-order valence-electron chi connectivity index (χ1n) is 10.9. The van der Waals surface area contributed by atoms with Crippen LogP contribution in [0, 0.1) is 0 Å². The van der Waals surface area contributed by atoms with Crippen LogP contribution in [-0.2, 0) is 11.3 Å². The number of hydrogen-bond acceptors (Lipinski definition) is 5. The van der Waals surface area contributed by atoms with Gasteiger partial charge in [0.25, 0.3) is 0 Å². The van der Waals surface area contributed by atoms with Crippen LogP contribution in [0.15, 0.2) is 77.4 Å². The number of hydrogen-bond donors (Lipinski definition) is 2. The van der Waals surface area contributed by atoms with E-state index in [-0.39, 0.29) is 18.5 Å². The smallest absolute Gasteiger partial charge is 0.238 e. The third-order valence-corrected chi connectivity index (χ3v) is 5.68. The van der Waals surface area contributed by atoms with E-state index in [1.54, 1.807) is 6.26 Å². The molecule has 1 aromatic heterocycles. The quantitative estimate of drug-likeness (QED) is 0.581. The summed E-state index contributed by atoms with van der Waals surface area (Å²) in [6.07, 6.45) is 1.64. The molecule has 6 heteroatoms. The van der Waals surface area contributed by atoms with E-state index in [9.17, 15) is 4.79 Å².